The van der Waals surface area contributed by atoms with E-state index < -0.39 is 28.2 Å². The highest BCUT2D eigenvalue weighted by atomic mass is 35.5. The zero-order valence-corrected chi connectivity index (χ0v) is 10.2. The molecule has 3 rings (SSSR count). The van der Waals surface area contributed by atoms with Crippen LogP contribution in [0.4, 0.5) is 13.2 Å². The van der Waals surface area contributed by atoms with Gasteiger partial charge in [-0.3, -0.25) is 9.89 Å². The van der Waals surface area contributed by atoms with Crippen molar-refractivity contribution in [1.82, 2.24) is 20.2 Å². The van der Waals surface area contributed by atoms with Crippen LogP contribution in [0.15, 0.2) is 16.9 Å². The van der Waals surface area contributed by atoms with Crippen LogP contribution < -0.4 is 5.56 Å². The third-order valence-corrected chi connectivity index (χ3v) is 2.89. The van der Waals surface area contributed by atoms with Gasteiger partial charge in [-0.25, -0.2) is 13.8 Å². The molecule has 0 amide bonds. The number of aromatic nitrogens is 4. The molecule has 0 aliphatic carbocycles. The average Bonchev–Trinajstić information content (AvgIpc) is 2.79. The van der Waals surface area contributed by atoms with Crippen LogP contribution in [0.3, 0.4) is 0 Å². The molecule has 0 saturated heterocycles. The Morgan fingerprint density at radius 2 is 1.95 bits per heavy atom. The third-order valence-electron chi connectivity index (χ3n) is 2.64. The van der Waals surface area contributed by atoms with Crippen molar-refractivity contribution < 1.29 is 13.2 Å². The van der Waals surface area contributed by atoms with E-state index in [4.69, 9.17) is 11.6 Å². The molecule has 0 spiro atoms. The molecule has 2 aromatic heterocycles. The van der Waals surface area contributed by atoms with E-state index in [-0.39, 0.29) is 22.4 Å². The maximum atomic E-state index is 13.5. The van der Waals surface area contributed by atoms with Crippen molar-refractivity contribution in [2.24, 2.45) is 0 Å². The molecule has 2 N–H and O–H groups in total. The minimum atomic E-state index is -1.24. The number of hydrogen-bond acceptors (Lipinski definition) is 3. The first-order valence-electron chi connectivity index (χ1n) is 5.26. The molecule has 0 saturated carbocycles. The number of aromatic amines is 2. The number of hydrogen-bond donors (Lipinski definition) is 2. The summed E-state index contributed by atoms with van der Waals surface area (Å²) < 4.78 is 39.8. The van der Waals surface area contributed by atoms with E-state index in [1.165, 1.54) is 0 Å². The number of halogens is 4. The van der Waals surface area contributed by atoms with Crippen molar-refractivity contribution in [3.63, 3.8) is 0 Å². The summed E-state index contributed by atoms with van der Waals surface area (Å²) in [6.45, 7) is 0. The fourth-order valence-corrected chi connectivity index (χ4v) is 1.94. The fraction of sp³-hybridized carbons (Fsp3) is 0. The lowest BCUT2D eigenvalue weighted by Crippen LogP contribution is -2.14. The number of nitrogens with zero attached hydrogens (tertiary/aromatic N) is 2. The second-order valence-corrected chi connectivity index (χ2v) is 4.26. The van der Waals surface area contributed by atoms with Crippen LogP contribution in [0.25, 0.3) is 22.4 Å². The van der Waals surface area contributed by atoms with Crippen LogP contribution in [-0.2, 0) is 0 Å². The summed E-state index contributed by atoms with van der Waals surface area (Å²) in [7, 11) is 0. The summed E-state index contributed by atoms with van der Waals surface area (Å²) in [5, 5.41) is 5.45. The van der Waals surface area contributed by atoms with Crippen LogP contribution in [0.1, 0.15) is 0 Å². The van der Waals surface area contributed by atoms with Crippen LogP contribution in [0, 0.1) is 17.5 Å². The second-order valence-electron chi connectivity index (χ2n) is 3.90. The molecule has 0 bridgehead atoms. The smallest absolute Gasteiger partial charge is 0.288 e. The zero-order valence-electron chi connectivity index (χ0n) is 9.47. The summed E-state index contributed by atoms with van der Waals surface area (Å²) in [5.41, 5.74) is -1.21. The van der Waals surface area contributed by atoms with Gasteiger partial charge in [0.15, 0.2) is 16.8 Å². The van der Waals surface area contributed by atoms with Crippen LogP contribution >= 0.6 is 11.6 Å². The first kappa shape index (κ1) is 12.7. The molecular weight excluding hydrogens is 297 g/mol. The molecule has 0 aliphatic rings. The molecule has 1 aromatic carbocycles. The molecule has 2 heterocycles. The van der Waals surface area contributed by atoms with Crippen molar-refractivity contribution >= 4 is 22.5 Å². The maximum Gasteiger partial charge on any atom is 0.288 e. The Hall–Kier alpha value is -2.35. The van der Waals surface area contributed by atoms with Gasteiger partial charge in [-0.05, 0) is 6.07 Å². The van der Waals surface area contributed by atoms with Crippen molar-refractivity contribution in [3.05, 3.63) is 45.1 Å². The van der Waals surface area contributed by atoms with Gasteiger partial charge < -0.3 is 4.98 Å². The van der Waals surface area contributed by atoms with Gasteiger partial charge in [0.25, 0.3) is 5.56 Å². The monoisotopic (exact) mass is 300 g/mol. The third kappa shape index (κ3) is 1.85. The second kappa shape index (κ2) is 4.34. The predicted octanol–water partition coefficient (Wildman–Crippen LogP) is 2.38. The van der Waals surface area contributed by atoms with Gasteiger partial charge in [0.1, 0.15) is 17.0 Å². The fourth-order valence-electron chi connectivity index (χ4n) is 1.77. The molecule has 0 radical (unpaired) electrons. The molecule has 5 nitrogen and oxygen atoms in total. The molecule has 20 heavy (non-hydrogen) atoms. The Kier molecular flexibility index (Phi) is 2.75. The predicted molar refractivity (Wildman–Crippen MR) is 64.8 cm³/mol. The Labute approximate surface area is 113 Å². The topological polar surface area (TPSA) is 74.4 Å². The summed E-state index contributed by atoms with van der Waals surface area (Å²) in [6.07, 6.45) is 0. The lowest BCUT2D eigenvalue weighted by molar-refractivity contribution is 0.590. The first-order chi connectivity index (χ1) is 9.47. The highest BCUT2D eigenvalue weighted by Gasteiger charge is 2.17. The zero-order chi connectivity index (χ0) is 14.4. The molecule has 0 aliphatic heterocycles. The van der Waals surface area contributed by atoms with Gasteiger partial charge in [0.05, 0.1) is 0 Å². The molecule has 0 atom stereocenters. The van der Waals surface area contributed by atoms with E-state index in [1.807, 2.05) is 0 Å². The standard InChI is InChI=1S/C11H4ClF3N4O/c12-9-6(15)11(20)17-10(16-9)8-4-1-3(13)2-5(14)7(4)18-19-8/h1-2H,(H,18,19)(H,16,17,20). The molecule has 0 unspecified atom stereocenters. The average molecular weight is 301 g/mol. The number of rotatable bonds is 1. The van der Waals surface area contributed by atoms with Crippen LogP contribution in [0.5, 0.6) is 0 Å². The highest BCUT2D eigenvalue weighted by Crippen LogP contribution is 2.26. The summed E-state index contributed by atoms with van der Waals surface area (Å²) in [4.78, 5) is 17.0. The highest BCUT2D eigenvalue weighted by molar-refractivity contribution is 6.29. The number of H-pyrrole nitrogens is 2. The maximum absolute atomic E-state index is 13.5. The Morgan fingerprint density at radius 3 is 2.65 bits per heavy atom. The van der Waals surface area contributed by atoms with E-state index in [0.717, 1.165) is 6.07 Å². The molecule has 9 heteroatoms. The normalized spacial score (nSPS) is 11.2. The van der Waals surface area contributed by atoms with Crippen LogP contribution in [0.2, 0.25) is 5.15 Å². The van der Waals surface area contributed by atoms with Gasteiger partial charge in [0, 0.05) is 11.5 Å². The van der Waals surface area contributed by atoms with Gasteiger partial charge in [-0.1, -0.05) is 11.6 Å². The van der Waals surface area contributed by atoms with E-state index in [0.29, 0.717) is 6.07 Å². The Morgan fingerprint density at radius 1 is 1.20 bits per heavy atom. The minimum Gasteiger partial charge on any atom is -0.303 e. The quantitative estimate of drug-likeness (QED) is 0.678. The van der Waals surface area contributed by atoms with Gasteiger partial charge >= 0.3 is 0 Å². The van der Waals surface area contributed by atoms with E-state index in [1.54, 1.807) is 0 Å². The largest absolute Gasteiger partial charge is 0.303 e. The lowest BCUT2D eigenvalue weighted by Gasteiger charge is -2.00. The summed E-state index contributed by atoms with van der Waals surface area (Å²) in [5.74, 6) is -3.11. The SMILES string of the molecule is O=c1[nH]c(-c2[nH]nc3c(F)cc(F)cc23)nc(Cl)c1F. The first-order valence-corrected chi connectivity index (χ1v) is 5.64. The molecular formula is C11H4ClF3N4O. The van der Waals surface area contributed by atoms with Crippen LogP contribution in [-0.4, -0.2) is 20.2 Å². The van der Waals surface area contributed by atoms with Crippen molar-refractivity contribution in [1.29, 1.82) is 0 Å². The lowest BCUT2D eigenvalue weighted by atomic mass is 10.2. The molecule has 0 fully saturated rings. The van der Waals surface area contributed by atoms with Gasteiger partial charge in [-0.2, -0.15) is 9.49 Å². The van der Waals surface area contributed by atoms with Gasteiger partial charge in [0.2, 0.25) is 5.82 Å². The van der Waals surface area contributed by atoms with Gasteiger partial charge in [-0.15, -0.1) is 0 Å². The summed E-state index contributed by atoms with van der Waals surface area (Å²) >= 11 is 5.46. The van der Waals surface area contributed by atoms with Crippen molar-refractivity contribution in [3.8, 4) is 11.5 Å². The Bertz CT molecular complexity index is 889. The van der Waals surface area contributed by atoms with E-state index in [9.17, 15) is 18.0 Å². The molecule has 3 aromatic rings. The number of benzene rings is 1. The van der Waals surface area contributed by atoms with E-state index in [2.05, 4.69) is 20.2 Å². The molecule has 102 valence electrons. The van der Waals surface area contributed by atoms with Crippen molar-refractivity contribution in [2.75, 3.05) is 0 Å². The Balaban J connectivity index is 2.33. The number of nitrogens with one attached hydrogen (secondary N) is 2. The van der Waals surface area contributed by atoms with Crippen molar-refractivity contribution in [2.45, 2.75) is 0 Å². The summed E-state index contributed by atoms with van der Waals surface area (Å²) in [6, 6.07) is 1.68. The number of fused-ring (bicyclic) bond motifs is 1. The minimum absolute atomic E-state index is 0.0254. The van der Waals surface area contributed by atoms with E-state index >= 15 is 0 Å².